The lowest BCUT2D eigenvalue weighted by Crippen LogP contribution is -2.25. The minimum absolute atomic E-state index is 0.122. The van der Waals surface area contributed by atoms with Gasteiger partial charge in [0, 0.05) is 28.8 Å². The molecule has 0 aromatic heterocycles. The number of halogens is 2. The van der Waals surface area contributed by atoms with Crippen LogP contribution in [0.5, 0.6) is 0 Å². The molecule has 0 bridgehead atoms. The molecule has 23 heavy (non-hydrogen) atoms. The number of hydrogen-bond donors (Lipinski definition) is 2. The zero-order valence-corrected chi connectivity index (χ0v) is 14.1. The van der Waals surface area contributed by atoms with Crippen LogP contribution in [0.4, 0.5) is 0 Å². The molecule has 0 heterocycles. The zero-order chi connectivity index (χ0) is 16.7. The third-order valence-electron chi connectivity index (χ3n) is 3.65. The van der Waals surface area contributed by atoms with E-state index in [0.717, 1.165) is 6.42 Å². The van der Waals surface area contributed by atoms with Crippen molar-refractivity contribution in [2.24, 2.45) is 0 Å². The molecule has 2 aromatic carbocycles. The van der Waals surface area contributed by atoms with Crippen molar-refractivity contribution in [3.8, 4) is 0 Å². The first kappa shape index (κ1) is 17.8. The van der Waals surface area contributed by atoms with E-state index in [4.69, 9.17) is 23.2 Å². The molecule has 1 amide bonds. The third-order valence-corrected chi connectivity index (χ3v) is 4.09. The summed E-state index contributed by atoms with van der Waals surface area (Å²) in [4.78, 5) is 12.1. The highest BCUT2D eigenvalue weighted by Crippen LogP contribution is 2.23. The van der Waals surface area contributed by atoms with Crippen molar-refractivity contribution in [2.75, 3.05) is 13.2 Å². The van der Waals surface area contributed by atoms with Gasteiger partial charge in [0.1, 0.15) is 0 Å². The number of nitrogens with one attached hydrogen (secondary N) is 1. The van der Waals surface area contributed by atoms with E-state index < -0.39 is 0 Å². The van der Waals surface area contributed by atoms with E-state index in [9.17, 15) is 9.90 Å². The van der Waals surface area contributed by atoms with Gasteiger partial charge in [0.2, 0.25) is 0 Å². The standard InChI is InChI=1S/C18H19Cl2NO2/c19-16-10-15(11-17(20)12-16)18(23)21-8-6-14(7-9-22)13-4-2-1-3-5-13/h1-5,10-12,14,22H,6-9H2,(H,21,23). The Morgan fingerprint density at radius 2 is 1.70 bits per heavy atom. The van der Waals surface area contributed by atoms with Crippen LogP contribution >= 0.6 is 23.2 Å². The molecule has 0 saturated carbocycles. The molecule has 0 spiro atoms. The highest BCUT2D eigenvalue weighted by atomic mass is 35.5. The summed E-state index contributed by atoms with van der Waals surface area (Å²) in [5.74, 6) is 0.00894. The van der Waals surface area contributed by atoms with E-state index >= 15 is 0 Å². The van der Waals surface area contributed by atoms with E-state index in [-0.39, 0.29) is 18.4 Å². The molecular formula is C18H19Cl2NO2. The number of aliphatic hydroxyl groups excluding tert-OH is 1. The molecule has 2 rings (SSSR count). The molecule has 0 fully saturated rings. The molecule has 2 N–H and O–H groups in total. The third kappa shape index (κ3) is 5.54. The quantitative estimate of drug-likeness (QED) is 0.781. The lowest BCUT2D eigenvalue weighted by Gasteiger charge is -2.16. The molecule has 0 aliphatic rings. The predicted molar refractivity (Wildman–Crippen MR) is 94.3 cm³/mol. The molecule has 2 aromatic rings. The van der Waals surface area contributed by atoms with Gasteiger partial charge in [-0.05, 0) is 42.5 Å². The Kier molecular flexibility index (Phi) is 6.90. The van der Waals surface area contributed by atoms with Crippen LogP contribution in [-0.4, -0.2) is 24.2 Å². The first-order chi connectivity index (χ1) is 11.1. The first-order valence-corrected chi connectivity index (χ1v) is 8.26. The second-order valence-corrected chi connectivity index (χ2v) is 6.20. The van der Waals surface area contributed by atoms with Crippen LogP contribution < -0.4 is 5.32 Å². The van der Waals surface area contributed by atoms with Crippen molar-refractivity contribution < 1.29 is 9.90 Å². The summed E-state index contributed by atoms with van der Waals surface area (Å²) in [5, 5.41) is 13.0. The molecule has 1 atom stereocenters. The average Bonchev–Trinajstić information content (AvgIpc) is 2.54. The summed E-state index contributed by atoms with van der Waals surface area (Å²) >= 11 is 11.8. The Bertz CT molecular complexity index is 626. The number of rotatable bonds is 7. The van der Waals surface area contributed by atoms with Crippen molar-refractivity contribution in [1.82, 2.24) is 5.32 Å². The molecule has 0 radical (unpaired) electrons. The van der Waals surface area contributed by atoms with Gasteiger partial charge in [-0.3, -0.25) is 4.79 Å². The van der Waals surface area contributed by atoms with Gasteiger partial charge in [-0.2, -0.15) is 0 Å². The smallest absolute Gasteiger partial charge is 0.251 e. The second kappa shape index (κ2) is 8.92. The van der Waals surface area contributed by atoms with Gasteiger partial charge in [-0.25, -0.2) is 0 Å². The molecule has 3 nitrogen and oxygen atoms in total. The van der Waals surface area contributed by atoms with Crippen LogP contribution in [-0.2, 0) is 0 Å². The number of carbonyl (C=O) groups excluding carboxylic acids is 1. The van der Waals surface area contributed by atoms with Gasteiger partial charge in [-0.1, -0.05) is 53.5 Å². The Morgan fingerprint density at radius 1 is 1.04 bits per heavy atom. The summed E-state index contributed by atoms with van der Waals surface area (Å²) in [6.45, 7) is 0.639. The number of hydrogen-bond acceptors (Lipinski definition) is 2. The maximum atomic E-state index is 12.1. The van der Waals surface area contributed by atoms with Crippen molar-refractivity contribution in [3.63, 3.8) is 0 Å². The molecule has 5 heteroatoms. The summed E-state index contributed by atoms with van der Waals surface area (Å²) in [5.41, 5.74) is 1.61. The van der Waals surface area contributed by atoms with Crippen molar-refractivity contribution in [2.45, 2.75) is 18.8 Å². The first-order valence-electron chi connectivity index (χ1n) is 7.50. The van der Waals surface area contributed by atoms with Gasteiger partial charge < -0.3 is 10.4 Å². The number of aliphatic hydroxyl groups is 1. The van der Waals surface area contributed by atoms with E-state index in [1.807, 2.05) is 30.3 Å². The SMILES string of the molecule is O=C(NCCC(CCO)c1ccccc1)c1cc(Cl)cc(Cl)c1. The summed E-state index contributed by atoms with van der Waals surface area (Å²) in [6.07, 6.45) is 1.42. The fourth-order valence-corrected chi connectivity index (χ4v) is 3.03. The zero-order valence-electron chi connectivity index (χ0n) is 12.6. The van der Waals surface area contributed by atoms with Gasteiger partial charge >= 0.3 is 0 Å². The number of amides is 1. The highest BCUT2D eigenvalue weighted by Gasteiger charge is 2.12. The lowest BCUT2D eigenvalue weighted by atomic mass is 9.93. The van der Waals surface area contributed by atoms with E-state index in [1.54, 1.807) is 18.2 Å². The van der Waals surface area contributed by atoms with Gasteiger partial charge in [0.25, 0.3) is 5.91 Å². The van der Waals surface area contributed by atoms with Crippen molar-refractivity contribution in [1.29, 1.82) is 0 Å². The van der Waals surface area contributed by atoms with E-state index in [1.165, 1.54) is 5.56 Å². The van der Waals surface area contributed by atoms with Crippen LogP contribution in [0.15, 0.2) is 48.5 Å². The Balaban J connectivity index is 1.93. The Labute approximate surface area is 146 Å². The summed E-state index contributed by atoms with van der Waals surface area (Å²) in [7, 11) is 0. The van der Waals surface area contributed by atoms with Gasteiger partial charge in [0.15, 0.2) is 0 Å². The van der Waals surface area contributed by atoms with E-state index in [0.29, 0.717) is 28.6 Å². The van der Waals surface area contributed by atoms with Crippen LogP contribution in [0.1, 0.15) is 34.7 Å². The normalized spacial score (nSPS) is 12.0. The summed E-state index contributed by atoms with van der Waals surface area (Å²) in [6, 6.07) is 14.8. The van der Waals surface area contributed by atoms with Crippen LogP contribution in [0.2, 0.25) is 10.0 Å². The fourth-order valence-electron chi connectivity index (χ4n) is 2.51. The topological polar surface area (TPSA) is 49.3 Å². The second-order valence-electron chi connectivity index (χ2n) is 5.32. The minimum Gasteiger partial charge on any atom is -0.396 e. The molecular weight excluding hydrogens is 333 g/mol. The Morgan fingerprint density at radius 3 is 2.30 bits per heavy atom. The Hall–Kier alpha value is -1.55. The highest BCUT2D eigenvalue weighted by molar-refractivity contribution is 6.35. The largest absolute Gasteiger partial charge is 0.396 e. The molecule has 0 aliphatic heterocycles. The molecule has 0 saturated heterocycles. The van der Waals surface area contributed by atoms with Crippen molar-refractivity contribution >= 4 is 29.1 Å². The molecule has 0 aliphatic carbocycles. The molecule has 122 valence electrons. The molecule has 1 unspecified atom stereocenters. The van der Waals surface area contributed by atoms with Gasteiger partial charge in [0.05, 0.1) is 0 Å². The minimum atomic E-state index is -0.204. The average molecular weight is 352 g/mol. The maximum absolute atomic E-state index is 12.1. The summed E-state index contributed by atoms with van der Waals surface area (Å²) < 4.78 is 0. The lowest BCUT2D eigenvalue weighted by molar-refractivity contribution is 0.0952. The van der Waals surface area contributed by atoms with Crippen molar-refractivity contribution in [3.05, 3.63) is 69.7 Å². The van der Waals surface area contributed by atoms with Gasteiger partial charge in [-0.15, -0.1) is 0 Å². The number of carbonyl (C=O) groups is 1. The number of benzene rings is 2. The van der Waals surface area contributed by atoms with E-state index in [2.05, 4.69) is 5.32 Å². The monoisotopic (exact) mass is 351 g/mol. The fraction of sp³-hybridized carbons (Fsp3) is 0.278. The van der Waals surface area contributed by atoms with Crippen LogP contribution in [0.25, 0.3) is 0 Å². The van der Waals surface area contributed by atoms with Crippen LogP contribution in [0.3, 0.4) is 0 Å². The predicted octanol–water partition coefficient (Wildman–Crippen LogP) is 4.28. The maximum Gasteiger partial charge on any atom is 0.251 e. The van der Waals surface area contributed by atoms with Crippen LogP contribution in [0, 0.1) is 0 Å².